The minimum Gasteiger partial charge on any atom is -0.389 e. The van der Waals surface area contributed by atoms with Crippen molar-refractivity contribution in [1.82, 2.24) is 14.8 Å². The molecule has 4 aromatic rings. The Hall–Kier alpha value is -3.44. The Morgan fingerprint density at radius 2 is 1.91 bits per heavy atom. The van der Waals surface area contributed by atoms with Crippen LogP contribution in [-0.4, -0.2) is 25.5 Å². The zero-order valence-electron chi connectivity index (χ0n) is 19.3. The van der Waals surface area contributed by atoms with E-state index in [2.05, 4.69) is 53.4 Å². The minimum absolute atomic E-state index is 0.255. The van der Waals surface area contributed by atoms with Crippen molar-refractivity contribution in [1.29, 1.82) is 0 Å². The van der Waals surface area contributed by atoms with Gasteiger partial charge in [0.25, 0.3) is 0 Å². The van der Waals surface area contributed by atoms with E-state index in [1.807, 2.05) is 23.1 Å². The Kier molecular flexibility index (Phi) is 4.85. The lowest BCUT2D eigenvalue weighted by Crippen LogP contribution is -2.45. The molecular weight excluding hydrogens is 425 g/mol. The van der Waals surface area contributed by atoms with Gasteiger partial charge in [0.1, 0.15) is 5.82 Å². The summed E-state index contributed by atoms with van der Waals surface area (Å²) in [6.45, 7) is 2.21. The molecule has 1 fully saturated rings. The zero-order valence-corrected chi connectivity index (χ0v) is 19.3. The first-order chi connectivity index (χ1) is 16.5. The Labute approximate surface area is 198 Å². The summed E-state index contributed by atoms with van der Waals surface area (Å²) in [5.74, 6) is -0.255. The topological polar surface area (TPSA) is 53.8 Å². The molecule has 0 radical (unpaired) electrons. The molecule has 0 bridgehead atoms. The van der Waals surface area contributed by atoms with Crippen molar-refractivity contribution in [3.63, 3.8) is 0 Å². The lowest BCUT2D eigenvalue weighted by Gasteiger charge is -2.42. The third-order valence-corrected chi connectivity index (χ3v) is 8.07. The second-order valence-electron chi connectivity index (χ2n) is 9.89. The number of benzene rings is 2. The highest BCUT2D eigenvalue weighted by molar-refractivity contribution is 5.64. The Bertz CT molecular complexity index is 1370. The largest absolute Gasteiger partial charge is 0.389 e. The summed E-state index contributed by atoms with van der Waals surface area (Å²) in [6, 6.07) is 19.0. The van der Waals surface area contributed by atoms with Gasteiger partial charge in [0, 0.05) is 22.9 Å². The van der Waals surface area contributed by atoms with Crippen molar-refractivity contribution in [3.05, 3.63) is 101 Å². The van der Waals surface area contributed by atoms with Crippen LogP contribution in [0.2, 0.25) is 0 Å². The van der Waals surface area contributed by atoms with E-state index in [9.17, 15) is 9.50 Å². The first kappa shape index (κ1) is 21.1. The summed E-state index contributed by atoms with van der Waals surface area (Å²) in [5.41, 5.74) is 6.75. The number of hydrogen-bond donors (Lipinski definition) is 2. The molecule has 1 saturated carbocycles. The van der Waals surface area contributed by atoms with Crippen LogP contribution in [0.3, 0.4) is 0 Å². The molecule has 34 heavy (non-hydrogen) atoms. The van der Waals surface area contributed by atoms with E-state index in [1.54, 1.807) is 12.1 Å². The number of rotatable bonds is 5. The van der Waals surface area contributed by atoms with Gasteiger partial charge in [0.05, 0.1) is 23.2 Å². The van der Waals surface area contributed by atoms with E-state index in [1.165, 1.54) is 28.8 Å². The normalized spacial score (nSPS) is 23.4. The van der Waals surface area contributed by atoms with Gasteiger partial charge in [-0.05, 0) is 85.7 Å². The Morgan fingerprint density at radius 3 is 2.71 bits per heavy atom. The van der Waals surface area contributed by atoms with Crippen molar-refractivity contribution in [2.24, 2.45) is 5.41 Å². The van der Waals surface area contributed by atoms with Crippen LogP contribution >= 0.6 is 0 Å². The molecule has 5 heteroatoms. The zero-order chi connectivity index (χ0) is 23.3. The fourth-order valence-electron chi connectivity index (χ4n) is 5.96. The first-order valence-electron chi connectivity index (χ1n) is 11.9. The highest BCUT2D eigenvalue weighted by Crippen LogP contribution is 2.57. The standard InChI is InChI=1S/C29H28FN3O/c1-28-18-21-19-32-33(24-10-8-23(30)9-11-24)27(21)17-22(28)13-15-29(28,34)14-12-20-5-2-3-6-25(20)26-7-4-16-31-26/h2-11,16-17,19,31,34H,12-15,18H2,1H3/t28-,29-/m0/s1. The molecule has 2 aromatic carbocycles. The van der Waals surface area contributed by atoms with Crippen LogP contribution in [0.1, 0.15) is 43.0 Å². The van der Waals surface area contributed by atoms with Gasteiger partial charge in [-0.15, -0.1) is 0 Å². The van der Waals surface area contributed by atoms with E-state index in [0.717, 1.165) is 48.3 Å². The number of nitrogens with zero attached hydrogens (tertiary/aromatic N) is 2. The smallest absolute Gasteiger partial charge is 0.123 e. The van der Waals surface area contributed by atoms with Crippen molar-refractivity contribution in [3.8, 4) is 16.9 Å². The molecule has 2 atom stereocenters. The maximum Gasteiger partial charge on any atom is 0.123 e. The first-order valence-corrected chi connectivity index (χ1v) is 11.9. The van der Waals surface area contributed by atoms with Crippen LogP contribution in [0.25, 0.3) is 23.0 Å². The molecule has 0 unspecified atom stereocenters. The molecule has 2 aromatic heterocycles. The van der Waals surface area contributed by atoms with Gasteiger partial charge in [-0.1, -0.05) is 36.8 Å². The van der Waals surface area contributed by atoms with Crippen LogP contribution in [0.15, 0.2) is 78.6 Å². The summed E-state index contributed by atoms with van der Waals surface area (Å²) in [6.07, 6.45) is 9.96. The summed E-state index contributed by atoms with van der Waals surface area (Å²) >= 11 is 0. The van der Waals surface area contributed by atoms with Gasteiger partial charge in [0.15, 0.2) is 0 Å². The van der Waals surface area contributed by atoms with Gasteiger partial charge in [-0.3, -0.25) is 0 Å². The number of halogens is 1. The molecule has 2 aliphatic carbocycles. The number of aliphatic hydroxyl groups is 1. The van der Waals surface area contributed by atoms with Crippen molar-refractivity contribution in [2.75, 3.05) is 0 Å². The summed E-state index contributed by atoms with van der Waals surface area (Å²) in [7, 11) is 0. The predicted molar refractivity (Wildman–Crippen MR) is 132 cm³/mol. The summed E-state index contributed by atoms with van der Waals surface area (Å²) in [5, 5.41) is 16.6. The van der Waals surface area contributed by atoms with Crippen LogP contribution in [0.5, 0.6) is 0 Å². The third-order valence-electron chi connectivity index (χ3n) is 8.07. The van der Waals surface area contributed by atoms with Gasteiger partial charge < -0.3 is 10.1 Å². The molecule has 2 N–H and O–H groups in total. The number of H-pyrrole nitrogens is 1. The van der Waals surface area contributed by atoms with E-state index in [4.69, 9.17) is 0 Å². The molecule has 0 aliphatic heterocycles. The fraction of sp³-hybridized carbons (Fsp3) is 0.276. The maximum atomic E-state index is 13.4. The molecule has 4 nitrogen and oxygen atoms in total. The average molecular weight is 454 g/mol. The van der Waals surface area contributed by atoms with Crippen LogP contribution < -0.4 is 0 Å². The van der Waals surface area contributed by atoms with E-state index < -0.39 is 5.60 Å². The Morgan fingerprint density at radius 1 is 1.09 bits per heavy atom. The van der Waals surface area contributed by atoms with Gasteiger partial charge in [-0.25, -0.2) is 9.07 Å². The number of hydrogen-bond acceptors (Lipinski definition) is 2. The highest BCUT2D eigenvalue weighted by atomic mass is 19.1. The lowest BCUT2D eigenvalue weighted by atomic mass is 9.65. The predicted octanol–water partition coefficient (Wildman–Crippen LogP) is 6.11. The number of fused-ring (bicyclic) bond motifs is 2. The lowest BCUT2D eigenvalue weighted by molar-refractivity contribution is -0.0461. The second kappa shape index (κ2) is 7.81. The minimum atomic E-state index is -0.780. The van der Waals surface area contributed by atoms with Crippen molar-refractivity contribution in [2.45, 2.75) is 44.6 Å². The van der Waals surface area contributed by atoms with Crippen LogP contribution in [0, 0.1) is 11.2 Å². The third kappa shape index (κ3) is 3.26. The number of aromatic nitrogens is 3. The van der Waals surface area contributed by atoms with Gasteiger partial charge >= 0.3 is 0 Å². The molecule has 0 spiro atoms. The van der Waals surface area contributed by atoms with E-state index >= 15 is 0 Å². The molecule has 2 heterocycles. The number of aromatic amines is 1. The van der Waals surface area contributed by atoms with Gasteiger partial charge in [-0.2, -0.15) is 5.10 Å². The van der Waals surface area contributed by atoms with E-state index in [-0.39, 0.29) is 11.2 Å². The Balaban J connectivity index is 1.29. The summed E-state index contributed by atoms with van der Waals surface area (Å²) in [4.78, 5) is 3.31. The highest BCUT2D eigenvalue weighted by Gasteiger charge is 2.54. The average Bonchev–Trinajstić information content (AvgIpc) is 3.57. The number of nitrogens with one attached hydrogen (secondary N) is 1. The van der Waals surface area contributed by atoms with Crippen LogP contribution in [0.4, 0.5) is 4.39 Å². The van der Waals surface area contributed by atoms with Crippen LogP contribution in [-0.2, 0) is 12.8 Å². The molecule has 2 aliphatic rings. The molecule has 172 valence electrons. The molecule has 0 saturated heterocycles. The second-order valence-corrected chi connectivity index (χ2v) is 9.89. The van der Waals surface area contributed by atoms with E-state index in [0.29, 0.717) is 6.42 Å². The monoisotopic (exact) mass is 453 g/mol. The molecule has 0 amide bonds. The fourth-order valence-corrected chi connectivity index (χ4v) is 5.96. The SMILES string of the molecule is C[C@]12Cc3cnn(-c4ccc(F)cc4)c3C=C1CC[C@@]2(O)CCc1ccccc1-c1ccc[nH]1. The number of aryl methyl sites for hydroxylation is 1. The molecular formula is C29H28FN3O. The summed E-state index contributed by atoms with van der Waals surface area (Å²) < 4.78 is 15.3. The van der Waals surface area contributed by atoms with Gasteiger partial charge in [0.2, 0.25) is 0 Å². The maximum absolute atomic E-state index is 13.4. The van der Waals surface area contributed by atoms with Crippen molar-refractivity contribution < 1.29 is 9.50 Å². The van der Waals surface area contributed by atoms with Crippen molar-refractivity contribution >= 4 is 6.08 Å². The molecule has 6 rings (SSSR count). The quantitative estimate of drug-likeness (QED) is 0.383.